The molecule has 0 fully saturated rings. The molecule has 6 heteroatoms. The fourth-order valence-corrected chi connectivity index (χ4v) is 2.89. The molecule has 0 aliphatic rings. The van der Waals surface area contributed by atoms with Gasteiger partial charge in [-0.1, -0.05) is 6.07 Å². The summed E-state index contributed by atoms with van der Waals surface area (Å²) in [5.41, 5.74) is 1.93. The lowest BCUT2D eigenvalue weighted by atomic mass is 10.1. The van der Waals surface area contributed by atoms with Crippen molar-refractivity contribution in [3.05, 3.63) is 58.1 Å². The van der Waals surface area contributed by atoms with Gasteiger partial charge in [-0.2, -0.15) is 0 Å². The van der Waals surface area contributed by atoms with E-state index in [0.717, 1.165) is 10.0 Å². The van der Waals surface area contributed by atoms with Crippen molar-refractivity contribution in [1.82, 2.24) is 5.32 Å². The Kier molecular flexibility index (Phi) is 6.65. The third-order valence-corrected chi connectivity index (χ3v) is 4.28. The Morgan fingerprint density at radius 3 is 2.26 bits per heavy atom. The summed E-state index contributed by atoms with van der Waals surface area (Å²) >= 11 is 3.44. The standard InChI is InChI=1S/C21H25BrN2O3/c1-13-6-11-18(17(22)12-13)27-14(2)19(25)23-16-9-7-15(8-10-16)20(26)24-21(3,4)5/h6-12,14H,1-5H3,(H,23,25)(H,24,26). The highest BCUT2D eigenvalue weighted by atomic mass is 79.9. The second kappa shape index (κ2) is 8.57. The number of carbonyl (C=O) groups is 2. The molecule has 2 aromatic rings. The number of ether oxygens (including phenoxy) is 1. The zero-order valence-electron chi connectivity index (χ0n) is 16.2. The Labute approximate surface area is 168 Å². The Hall–Kier alpha value is -2.34. The minimum atomic E-state index is -0.673. The first kappa shape index (κ1) is 21.0. The van der Waals surface area contributed by atoms with Crippen LogP contribution in [0.3, 0.4) is 0 Å². The first-order valence-electron chi connectivity index (χ1n) is 8.71. The van der Waals surface area contributed by atoms with Crippen LogP contribution in [0.2, 0.25) is 0 Å². The molecule has 1 unspecified atom stereocenters. The SMILES string of the molecule is Cc1ccc(OC(C)C(=O)Nc2ccc(C(=O)NC(C)(C)C)cc2)c(Br)c1. The largest absolute Gasteiger partial charge is 0.480 e. The number of hydrogen-bond donors (Lipinski definition) is 2. The average Bonchev–Trinajstić information content (AvgIpc) is 2.56. The number of nitrogens with one attached hydrogen (secondary N) is 2. The number of amides is 2. The summed E-state index contributed by atoms with van der Waals surface area (Å²) in [5, 5.41) is 5.70. The van der Waals surface area contributed by atoms with E-state index in [2.05, 4.69) is 26.6 Å². The summed E-state index contributed by atoms with van der Waals surface area (Å²) in [6.07, 6.45) is -0.673. The van der Waals surface area contributed by atoms with Crippen molar-refractivity contribution in [2.24, 2.45) is 0 Å². The van der Waals surface area contributed by atoms with Crippen LogP contribution in [0, 0.1) is 6.92 Å². The maximum absolute atomic E-state index is 12.4. The minimum Gasteiger partial charge on any atom is -0.480 e. The molecule has 2 N–H and O–H groups in total. The molecular formula is C21H25BrN2O3. The smallest absolute Gasteiger partial charge is 0.265 e. The van der Waals surface area contributed by atoms with Gasteiger partial charge in [0.15, 0.2) is 6.10 Å². The van der Waals surface area contributed by atoms with E-state index < -0.39 is 6.10 Å². The molecule has 0 saturated heterocycles. The van der Waals surface area contributed by atoms with Crippen molar-refractivity contribution in [3.8, 4) is 5.75 Å². The van der Waals surface area contributed by atoms with Crippen molar-refractivity contribution in [3.63, 3.8) is 0 Å². The highest BCUT2D eigenvalue weighted by molar-refractivity contribution is 9.10. The molecule has 144 valence electrons. The van der Waals surface area contributed by atoms with Gasteiger partial charge in [0.2, 0.25) is 0 Å². The van der Waals surface area contributed by atoms with Gasteiger partial charge in [-0.3, -0.25) is 9.59 Å². The van der Waals surface area contributed by atoms with Gasteiger partial charge in [0, 0.05) is 16.8 Å². The maximum Gasteiger partial charge on any atom is 0.265 e. The van der Waals surface area contributed by atoms with Crippen LogP contribution in [-0.4, -0.2) is 23.5 Å². The van der Waals surface area contributed by atoms with E-state index in [1.165, 1.54) is 0 Å². The Balaban J connectivity index is 1.97. The van der Waals surface area contributed by atoms with Crippen molar-refractivity contribution in [2.45, 2.75) is 46.3 Å². The van der Waals surface area contributed by atoms with Crippen LogP contribution in [0.15, 0.2) is 46.9 Å². The second-order valence-corrected chi connectivity index (χ2v) is 8.32. The molecule has 27 heavy (non-hydrogen) atoms. The van der Waals surface area contributed by atoms with Crippen LogP contribution in [0.1, 0.15) is 43.6 Å². The molecule has 0 heterocycles. The molecule has 0 bridgehead atoms. The van der Waals surface area contributed by atoms with E-state index in [4.69, 9.17) is 4.74 Å². The quantitative estimate of drug-likeness (QED) is 0.719. The van der Waals surface area contributed by atoms with Gasteiger partial charge in [-0.25, -0.2) is 0 Å². The molecule has 0 spiro atoms. The van der Waals surface area contributed by atoms with Gasteiger partial charge in [-0.15, -0.1) is 0 Å². The first-order valence-corrected chi connectivity index (χ1v) is 9.51. The van der Waals surface area contributed by atoms with Gasteiger partial charge < -0.3 is 15.4 Å². The fraction of sp³-hybridized carbons (Fsp3) is 0.333. The van der Waals surface area contributed by atoms with E-state index in [1.807, 2.05) is 45.9 Å². The molecule has 1 atom stereocenters. The fourth-order valence-electron chi connectivity index (χ4n) is 2.31. The second-order valence-electron chi connectivity index (χ2n) is 7.46. The number of benzene rings is 2. The number of rotatable bonds is 5. The van der Waals surface area contributed by atoms with Crippen molar-refractivity contribution in [1.29, 1.82) is 0 Å². The van der Waals surface area contributed by atoms with E-state index in [-0.39, 0.29) is 17.4 Å². The third kappa shape index (κ3) is 6.40. The topological polar surface area (TPSA) is 67.4 Å². The van der Waals surface area contributed by atoms with Crippen molar-refractivity contribution in [2.75, 3.05) is 5.32 Å². The minimum absolute atomic E-state index is 0.152. The summed E-state index contributed by atoms with van der Waals surface area (Å²) in [6.45, 7) is 9.44. The summed E-state index contributed by atoms with van der Waals surface area (Å²) in [7, 11) is 0. The Morgan fingerprint density at radius 2 is 1.70 bits per heavy atom. The zero-order valence-corrected chi connectivity index (χ0v) is 17.8. The summed E-state index contributed by atoms with van der Waals surface area (Å²) in [4.78, 5) is 24.5. The van der Waals surface area contributed by atoms with E-state index in [1.54, 1.807) is 31.2 Å². The van der Waals surface area contributed by atoms with Crippen LogP contribution in [0.25, 0.3) is 0 Å². The first-order chi connectivity index (χ1) is 12.5. The Morgan fingerprint density at radius 1 is 1.07 bits per heavy atom. The Bertz CT molecular complexity index is 826. The van der Waals surface area contributed by atoms with Gasteiger partial charge >= 0.3 is 0 Å². The molecule has 0 saturated carbocycles. The summed E-state index contributed by atoms with van der Waals surface area (Å²) in [6, 6.07) is 12.4. The number of carbonyl (C=O) groups excluding carboxylic acids is 2. The van der Waals surface area contributed by atoms with E-state index in [0.29, 0.717) is 17.0 Å². The molecule has 5 nitrogen and oxygen atoms in total. The molecular weight excluding hydrogens is 408 g/mol. The van der Waals surface area contributed by atoms with Crippen LogP contribution in [0.4, 0.5) is 5.69 Å². The van der Waals surface area contributed by atoms with E-state index in [9.17, 15) is 9.59 Å². The predicted octanol–water partition coefficient (Wildman–Crippen LogP) is 4.69. The van der Waals surface area contributed by atoms with Crippen LogP contribution < -0.4 is 15.4 Å². The number of anilines is 1. The lowest BCUT2D eigenvalue weighted by Gasteiger charge is -2.20. The van der Waals surface area contributed by atoms with Gasteiger partial charge in [0.25, 0.3) is 11.8 Å². The van der Waals surface area contributed by atoms with Gasteiger partial charge in [0.1, 0.15) is 5.75 Å². The third-order valence-electron chi connectivity index (χ3n) is 3.66. The molecule has 0 radical (unpaired) electrons. The average molecular weight is 433 g/mol. The molecule has 2 rings (SSSR count). The number of halogens is 1. The summed E-state index contributed by atoms with van der Waals surface area (Å²) < 4.78 is 6.53. The lowest BCUT2D eigenvalue weighted by molar-refractivity contribution is -0.122. The van der Waals surface area contributed by atoms with Crippen LogP contribution in [0.5, 0.6) is 5.75 Å². The molecule has 0 aliphatic heterocycles. The maximum atomic E-state index is 12.4. The monoisotopic (exact) mass is 432 g/mol. The lowest BCUT2D eigenvalue weighted by Crippen LogP contribution is -2.40. The van der Waals surface area contributed by atoms with Gasteiger partial charge in [0.05, 0.1) is 4.47 Å². The number of aryl methyl sites for hydroxylation is 1. The van der Waals surface area contributed by atoms with Crippen LogP contribution in [-0.2, 0) is 4.79 Å². The molecule has 2 aromatic carbocycles. The zero-order chi connectivity index (χ0) is 20.2. The predicted molar refractivity (Wildman–Crippen MR) is 111 cm³/mol. The highest BCUT2D eigenvalue weighted by Crippen LogP contribution is 2.26. The van der Waals surface area contributed by atoms with E-state index >= 15 is 0 Å². The molecule has 2 amide bonds. The molecule has 0 aliphatic carbocycles. The highest BCUT2D eigenvalue weighted by Gasteiger charge is 2.18. The molecule has 0 aromatic heterocycles. The summed E-state index contributed by atoms with van der Waals surface area (Å²) in [5.74, 6) is 0.188. The normalized spacial score (nSPS) is 12.2. The number of hydrogen-bond acceptors (Lipinski definition) is 3. The van der Waals surface area contributed by atoms with Gasteiger partial charge in [-0.05, 0) is 92.5 Å². The van der Waals surface area contributed by atoms with Crippen molar-refractivity contribution >= 4 is 33.4 Å². The van der Waals surface area contributed by atoms with Crippen molar-refractivity contribution < 1.29 is 14.3 Å². The van der Waals surface area contributed by atoms with Crippen LogP contribution >= 0.6 is 15.9 Å².